The van der Waals surface area contributed by atoms with Gasteiger partial charge in [0.15, 0.2) is 0 Å². The van der Waals surface area contributed by atoms with E-state index in [0.717, 1.165) is 30.8 Å². The maximum Gasteiger partial charge on any atom is 0.244 e. The summed E-state index contributed by atoms with van der Waals surface area (Å²) >= 11 is 0. The minimum Gasteiger partial charge on any atom is -0.399 e. The number of nitrogens with two attached hydrogens (primary N) is 1. The summed E-state index contributed by atoms with van der Waals surface area (Å²) in [6, 6.07) is 5.84. The largest absolute Gasteiger partial charge is 0.399 e. The number of nitrogen functional groups attached to an aromatic ring is 1. The molecule has 1 aliphatic heterocycles. The van der Waals surface area contributed by atoms with Gasteiger partial charge in [-0.3, -0.25) is 4.79 Å². The standard InChI is InChI=1S/C14H21N3O/c1-10-6-7-11(15)9-13(10)17-8-4-5-12(17)14(18)16(2)3/h6-7,9,12H,4-5,8,15H2,1-3H3. The molecule has 1 unspecified atom stereocenters. The molecule has 1 amide bonds. The van der Waals surface area contributed by atoms with Gasteiger partial charge in [-0.15, -0.1) is 0 Å². The van der Waals surface area contributed by atoms with Crippen molar-refractivity contribution in [2.75, 3.05) is 31.3 Å². The topological polar surface area (TPSA) is 49.6 Å². The van der Waals surface area contributed by atoms with Crippen LogP contribution < -0.4 is 10.6 Å². The zero-order chi connectivity index (χ0) is 13.3. The van der Waals surface area contributed by atoms with Gasteiger partial charge in [0.1, 0.15) is 6.04 Å². The summed E-state index contributed by atoms with van der Waals surface area (Å²) in [4.78, 5) is 16.0. The van der Waals surface area contributed by atoms with Crippen molar-refractivity contribution in [3.8, 4) is 0 Å². The van der Waals surface area contributed by atoms with Gasteiger partial charge >= 0.3 is 0 Å². The van der Waals surface area contributed by atoms with Crippen LogP contribution in [0.15, 0.2) is 18.2 Å². The molecule has 1 aromatic carbocycles. The third-order valence-electron chi connectivity index (χ3n) is 3.52. The van der Waals surface area contributed by atoms with E-state index in [2.05, 4.69) is 11.8 Å². The van der Waals surface area contributed by atoms with Crippen LogP contribution in [0.1, 0.15) is 18.4 Å². The lowest BCUT2D eigenvalue weighted by Crippen LogP contribution is -2.43. The Kier molecular flexibility index (Phi) is 3.45. The van der Waals surface area contributed by atoms with E-state index >= 15 is 0 Å². The molecule has 2 rings (SSSR count). The van der Waals surface area contributed by atoms with Crippen LogP contribution in [0.5, 0.6) is 0 Å². The van der Waals surface area contributed by atoms with Crippen LogP contribution in [0.3, 0.4) is 0 Å². The highest BCUT2D eigenvalue weighted by Crippen LogP contribution is 2.30. The first-order valence-electron chi connectivity index (χ1n) is 6.34. The first-order valence-corrected chi connectivity index (χ1v) is 6.34. The molecule has 4 heteroatoms. The predicted octanol–water partition coefficient (Wildman–Crippen LogP) is 1.63. The lowest BCUT2D eigenvalue weighted by Gasteiger charge is -2.29. The van der Waals surface area contributed by atoms with E-state index in [9.17, 15) is 4.79 Å². The number of carbonyl (C=O) groups is 1. The van der Waals surface area contributed by atoms with E-state index in [1.807, 2.05) is 32.3 Å². The van der Waals surface area contributed by atoms with Gasteiger partial charge in [-0.25, -0.2) is 0 Å². The molecule has 1 heterocycles. The average molecular weight is 247 g/mol. The van der Waals surface area contributed by atoms with Gasteiger partial charge in [-0.1, -0.05) is 6.07 Å². The number of amides is 1. The van der Waals surface area contributed by atoms with Crippen LogP contribution >= 0.6 is 0 Å². The van der Waals surface area contributed by atoms with E-state index in [4.69, 9.17) is 5.73 Å². The van der Waals surface area contributed by atoms with Crippen molar-refractivity contribution in [2.45, 2.75) is 25.8 Å². The van der Waals surface area contributed by atoms with E-state index in [1.54, 1.807) is 4.90 Å². The second-order valence-corrected chi connectivity index (χ2v) is 5.13. The van der Waals surface area contributed by atoms with Crippen LogP contribution in [-0.2, 0) is 4.79 Å². The number of hydrogen-bond donors (Lipinski definition) is 1. The molecule has 0 aromatic heterocycles. The van der Waals surface area contributed by atoms with Gasteiger partial charge in [0.25, 0.3) is 0 Å². The summed E-state index contributed by atoms with van der Waals surface area (Å²) in [5.74, 6) is 0.175. The SMILES string of the molecule is Cc1ccc(N)cc1N1CCCC1C(=O)N(C)C. The lowest BCUT2D eigenvalue weighted by atomic mass is 10.1. The number of nitrogens with zero attached hydrogens (tertiary/aromatic N) is 2. The molecule has 0 spiro atoms. The fourth-order valence-corrected chi connectivity index (χ4v) is 2.55. The fraction of sp³-hybridized carbons (Fsp3) is 0.500. The zero-order valence-corrected chi connectivity index (χ0v) is 11.3. The molecular formula is C14H21N3O. The molecule has 18 heavy (non-hydrogen) atoms. The maximum atomic E-state index is 12.2. The predicted molar refractivity (Wildman–Crippen MR) is 74.7 cm³/mol. The Morgan fingerprint density at radius 1 is 1.44 bits per heavy atom. The van der Waals surface area contributed by atoms with Crippen molar-refractivity contribution in [3.63, 3.8) is 0 Å². The van der Waals surface area contributed by atoms with Crippen LogP contribution in [0.4, 0.5) is 11.4 Å². The molecule has 1 aromatic rings. The van der Waals surface area contributed by atoms with Gasteiger partial charge in [-0.05, 0) is 37.5 Å². The van der Waals surface area contributed by atoms with Crippen LogP contribution in [0, 0.1) is 6.92 Å². The summed E-state index contributed by atoms with van der Waals surface area (Å²) in [6.45, 7) is 2.98. The number of likely N-dealkylation sites (N-methyl/N-ethyl adjacent to an activating group) is 1. The summed E-state index contributed by atoms with van der Waals surface area (Å²) in [6.07, 6.45) is 1.98. The Balaban J connectivity index is 2.31. The van der Waals surface area contributed by atoms with E-state index < -0.39 is 0 Å². The first kappa shape index (κ1) is 12.7. The zero-order valence-electron chi connectivity index (χ0n) is 11.3. The van der Waals surface area contributed by atoms with Crippen molar-refractivity contribution in [1.82, 2.24) is 4.90 Å². The minimum atomic E-state index is -0.0412. The molecule has 0 saturated carbocycles. The van der Waals surface area contributed by atoms with Crippen LogP contribution in [0.2, 0.25) is 0 Å². The number of aryl methyl sites for hydroxylation is 1. The normalized spacial score (nSPS) is 19.1. The number of benzene rings is 1. The molecule has 2 N–H and O–H groups in total. The highest BCUT2D eigenvalue weighted by molar-refractivity contribution is 5.86. The lowest BCUT2D eigenvalue weighted by molar-refractivity contribution is -0.129. The Morgan fingerprint density at radius 2 is 2.17 bits per heavy atom. The quantitative estimate of drug-likeness (QED) is 0.808. The summed E-state index contributed by atoms with van der Waals surface area (Å²) in [5, 5.41) is 0. The van der Waals surface area contributed by atoms with E-state index in [-0.39, 0.29) is 11.9 Å². The van der Waals surface area contributed by atoms with Gasteiger partial charge in [0.2, 0.25) is 5.91 Å². The molecule has 0 radical (unpaired) electrons. The summed E-state index contributed by atoms with van der Waals surface area (Å²) in [7, 11) is 3.62. The summed E-state index contributed by atoms with van der Waals surface area (Å²) < 4.78 is 0. The molecular weight excluding hydrogens is 226 g/mol. The number of hydrogen-bond acceptors (Lipinski definition) is 3. The molecule has 4 nitrogen and oxygen atoms in total. The highest BCUT2D eigenvalue weighted by Gasteiger charge is 2.32. The van der Waals surface area contributed by atoms with Gasteiger partial charge in [0, 0.05) is 32.0 Å². The fourth-order valence-electron chi connectivity index (χ4n) is 2.55. The molecule has 1 saturated heterocycles. The number of anilines is 2. The van der Waals surface area contributed by atoms with Gasteiger partial charge in [-0.2, -0.15) is 0 Å². The molecule has 1 atom stereocenters. The molecule has 0 bridgehead atoms. The second-order valence-electron chi connectivity index (χ2n) is 5.13. The highest BCUT2D eigenvalue weighted by atomic mass is 16.2. The Hall–Kier alpha value is -1.71. The first-order chi connectivity index (χ1) is 8.50. The second kappa shape index (κ2) is 4.88. The molecule has 0 aliphatic carbocycles. The monoisotopic (exact) mass is 247 g/mol. The summed E-state index contributed by atoms with van der Waals surface area (Å²) in [5.41, 5.74) is 8.86. The van der Waals surface area contributed by atoms with Crippen molar-refractivity contribution in [3.05, 3.63) is 23.8 Å². The smallest absolute Gasteiger partial charge is 0.244 e. The third kappa shape index (κ3) is 2.28. The Bertz CT molecular complexity index is 456. The van der Waals surface area contributed by atoms with Crippen molar-refractivity contribution in [1.29, 1.82) is 0 Å². The third-order valence-corrected chi connectivity index (χ3v) is 3.52. The number of carbonyl (C=O) groups excluding carboxylic acids is 1. The van der Waals surface area contributed by atoms with Crippen LogP contribution in [0.25, 0.3) is 0 Å². The Labute approximate surface area is 108 Å². The van der Waals surface area contributed by atoms with Crippen LogP contribution in [-0.4, -0.2) is 37.5 Å². The van der Waals surface area contributed by atoms with Gasteiger partial charge in [0.05, 0.1) is 0 Å². The van der Waals surface area contributed by atoms with Gasteiger partial charge < -0.3 is 15.5 Å². The molecule has 98 valence electrons. The molecule has 1 fully saturated rings. The average Bonchev–Trinajstić information content (AvgIpc) is 2.80. The Morgan fingerprint density at radius 3 is 2.83 bits per heavy atom. The van der Waals surface area contributed by atoms with E-state index in [0.29, 0.717) is 0 Å². The number of rotatable bonds is 2. The minimum absolute atomic E-state index is 0.0412. The van der Waals surface area contributed by atoms with Crippen molar-refractivity contribution in [2.24, 2.45) is 0 Å². The molecule has 1 aliphatic rings. The maximum absolute atomic E-state index is 12.2. The van der Waals surface area contributed by atoms with Crippen molar-refractivity contribution < 1.29 is 4.79 Å². The van der Waals surface area contributed by atoms with E-state index in [1.165, 1.54) is 5.56 Å². The van der Waals surface area contributed by atoms with Crippen molar-refractivity contribution >= 4 is 17.3 Å².